The van der Waals surface area contributed by atoms with Crippen molar-refractivity contribution in [3.05, 3.63) is 58.7 Å². The molecule has 2 aromatic heterocycles. The van der Waals surface area contributed by atoms with Crippen molar-refractivity contribution in [2.24, 2.45) is 0 Å². The van der Waals surface area contributed by atoms with E-state index in [1.165, 1.54) is 4.88 Å². The van der Waals surface area contributed by atoms with Crippen LogP contribution in [-0.4, -0.2) is 41.4 Å². The predicted molar refractivity (Wildman–Crippen MR) is 129 cm³/mol. The third kappa shape index (κ3) is 5.46. The van der Waals surface area contributed by atoms with Gasteiger partial charge < -0.3 is 24.3 Å². The van der Waals surface area contributed by atoms with Crippen molar-refractivity contribution in [2.45, 2.75) is 26.7 Å². The topological polar surface area (TPSA) is 93.7 Å². The summed E-state index contributed by atoms with van der Waals surface area (Å²) >= 11 is 1.67. The summed E-state index contributed by atoms with van der Waals surface area (Å²) in [6, 6.07) is 13.4. The Hall–Kier alpha value is -3.52. The molecule has 172 valence electrons. The number of hydrogen-bond donors (Lipinski definition) is 2. The van der Waals surface area contributed by atoms with Gasteiger partial charge in [0.25, 0.3) is 0 Å². The first kappa shape index (κ1) is 22.7. The lowest BCUT2D eigenvalue weighted by Gasteiger charge is -2.12. The zero-order chi connectivity index (χ0) is 23.4. The standard InChI is InChI=1S/C25H26N2O5S/c1-15-16(2)33-25(26-15)17-5-8-22(23(13-17)30-3)32-10-4-9-31-20-6-7-21-18(12-20)11-19(27-21)14-24(28)29/h5-8,11-13,27H,4,9-10,14H2,1-3H3,(H,28,29). The van der Waals surface area contributed by atoms with Crippen molar-refractivity contribution in [1.29, 1.82) is 0 Å². The average Bonchev–Trinajstić information content (AvgIpc) is 3.34. The fourth-order valence-electron chi connectivity index (χ4n) is 3.47. The average molecular weight is 467 g/mol. The first-order valence-corrected chi connectivity index (χ1v) is 11.5. The maximum Gasteiger partial charge on any atom is 0.309 e. The number of nitrogens with one attached hydrogen (secondary N) is 1. The Balaban J connectivity index is 1.30. The lowest BCUT2D eigenvalue weighted by atomic mass is 10.2. The summed E-state index contributed by atoms with van der Waals surface area (Å²) in [4.78, 5) is 19.8. The number of carbonyl (C=O) groups is 1. The fourth-order valence-corrected chi connectivity index (χ4v) is 4.38. The van der Waals surface area contributed by atoms with Gasteiger partial charge in [0.1, 0.15) is 10.8 Å². The number of aromatic nitrogens is 2. The molecule has 0 unspecified atom stereocenters. The van der Waals surface area contributed by atoms with Crippen LogP contribution in [0.5, 0.6) is 17.2 Å². The molecule has 2 heterocycles. The number of nitrogens with zero attached hydrogens (tertiary/aromatic N) is 1. The predicted octanol–water partition coefficient (Wildman–Crippen LogP) is 5.39. The summed E-state index contributed by atoms with van der Waals surface area (Å²) in [7, 11) is 1.63. The number of methoxy groups -OCH3 is 1. The number of fused-ring (bicyclic) bond motifs is 1. The Morgan fingerprint density at radius 1 is 1.06 bits per heavy atom. The van der Waals surface area contributed by atoms with Crippen LogP contribution in [0.2, 0.25) is 0 Å². The van der Waals surface area contributed by atoms with Gasteiger partial charge in [0.2, 0.25) is 0 Å². The van der Waals surface area contributed by atoms with Gasteiger partial charge in [0.15, 0.2) is 11.5 Å². The fraction of sp³-hybridized carbons (Fsp3) is 0.280. The highest BCUT2D eigenvalue weighted by atomic mass is 32.1. The molecule has 0 aliphatic heterocycles. The second kappa shape index (κ2) is 9.95. The molecule has 0 saturated heterocycles. The minimum atomic E-state index is -0.863. The molecule has 33 heavy (non-hydrogen) atoms. The van der Waals surface area contributed by atoms with Crippen molar-refractivity contribution in [3.63, 3.8) is 0 Å². The van der Waals surface area contributed by atoms with Crippen LogP contribution >= 0.6 is 11.3 Å². The van der Waals surface area contributed by atoms with Crippen LogP contribution in [0.25, 0.3) is 21.5 Å². The molecule has 0 spiro atoms. The van der Waals surface area contributed by atoms with E-state index in [1.54, 1.807) is 18.4 Å². The third-order valence-electron chi connectivity index (χ3n) is 5.24. The monoisotopic (exact) mass is 466 g/mol. The van der Waals surface area contributed by atoms with Gasteiger partial charge in [0, 0.05) is 33.5 Å². The van der Waals surface area contributed by atoms with Gasteiger partial charge in [-0.05, 0) is 56.3 Å². The minimum Gasteiger partial charge on any atom is -0.493 e. The largest absolute Gasteiger partial charge is 0.493 e. The Kier molecular flexibility index (Phi) is 6.84. The van der Waals surface area contributed by atoms with Crippen LogP contribution in [0.1, 0.15) is 22.7 Å². The summed E-state index contributed by atoms with van der Waals surface area (Å²) in [6.07, 6.45) is 0.668. The Labute approximate surface area is 196 Å². The molecule has 2 aromatic carbocycles. The number of aryl methyl sites for hydroxylation is 2. The molecule has 0 amide bonds. The summed E-state index contributed by atoms with van der Waals surface area (Å²) in [5.41, 5.74) is 3.62. The number of ether oxygens (including phenoxy) is 3. The highest BCUT2D eigenvalue weighted by Gasteiger charge is 2.11. The van der Waals surface area contributed by atoms with Crippen molar-refractivity contribution < 1.29 is 24.1 Å². The molecule has 4 rings (SSSR count). The van der Waals surface area contributed by atoms with Crippen LogP contribution < -0.4 is 14.2 Å². The number of aliphatic carboxylic acids is 1. The number of thiazole rings is 1. The van der Waals surface area contributed by atoms with Gasteiger partial charge >= 0.3 is 5.97 Å². The minimum absolute atomic E-state index is 0.0320. The number of aromatic amines is 1. The molecular weight excluding hydrogens is 440 g/mol. The van der Waals surface area contributed by atoms with Crippen LogP contribution in [0, 0.1) is 13.8 Å². The van der Waals surface area contributed by atoms with E-state index in [9.17, 15) is 4.79 Å². The second-order valence-electron chi connectivity index (χ2n) is 7.69. The zero-order valence-corrected chi connectivity index (χ0v) is 19.6. The first-order valence-electron chi connectivity index (χ1n) is 10.6. The molecule has 0 aliphatic rings. The first-order chi connectivity index (χ1) is 15.9. The van der Waals surface area contributed by atoms with E-state index in [4.69, 9.17) is 19.3 Å². The number of hydrogen-bond acceptors (Lipinski definition) is 6. The molecule has 2 N–H and O–H groups in total. The SMILES string of the molecule is COc1cc(-c2nc(C)c(C)s2)ccc1OCCCOc1ccc2[nH]c(CC(=O)O)cc2c1. The number of carboxylic acid groups (broad SMARTS) is 1. The number of rotatable bonds is 10. The Bertz CT molecular complexity index is 1260. The number of carboxylic acids is 1. The molecule has 4 aromatic rings. The highest BCUT2D eigenvalue weighted by Crippen LogP contribution is 2.35. The van der Waals surface area contributed by atoms with Crippen LogP contribution in [0.15, 0.2) is 42.5 Å². The van der Waals surface area contributed by atoms with Crippen molar-refractivity contribution in [1.82, 2.24) is 9.97 Å². The van der Waals surface area contributed by atoms with Gasteiger partial charge in [-0.3, -0.25) is 4.79 Å². The van der Waals surface area contributed by atoms with Gasteiger partial charge in [-0.1, -0.05) is 0 Å². The van der Waals surface area contributed by atoms with Gasteiger partial charge in [-0.15, -0.1) is 11.3 Å². The molecule has 0 saturated carbocycles. The summed E-state index contributed by atoms with van der Waals surface area (Å²) < 4.78 is 17.3. The van der Waals surface area contributed by atoms with Crippen LogP contribution in [0.4, 0.5) is 0 Å². The van der Waals surface area contributed by atoms with Crippen LogP contribution in [0.3, 0.4) is 0 Å². The van der Waals surface area contributed by atoms with Crippen molar-refractivity contribution >= 4 is 28.2 Å². The molecule has 0 fully saturated rings. The van der Waals surface area contributed by atoms with E-state index in [0.29, 0.717) is 36.8 Å². The molecule has 0 aliphatic carbocycles. The van der Waals surface area contributed by atoms with Crippen LogP contribution in [-0.2, 0) is 11.2 Å². The maximum absolute atomic E-state index is 10.9. The Morgan fingerprint density at radius 3 is 2.61 bits per heavy atom. The smallest absolute Gasteiger partial charge is 0.309 e. The van der Waals surface area contributed by atoms with E-state index in [0.717, 1.165) is 32.9 Å². The number of H-pyrrole nitrogens is 1. The molecule has 0 radical (unpaired) electrons. The van der Waals surface area contributed by atoms with E-state index < -0.39 is 5.97 Å². The lowest BCUT2D eigenvalue weighted by Crippen LogP contribution is -2.05. The van der Waals surface area contributed by atoms with Crippen molar-refractivity contribution in [3.8, 4) is 27.8 Å². The normalized spacial score (nSPS) is 11.0. The molecule has 0 bridgehead atoms. The second-order valence-corrected chi connectivity index (χ2v) is 8.89. The highest BCUT2D eigenvalue weighted by molar-refractivity contribution is 7.15. The number of benzene rings is 2. The van der Waals surface area contributed by atoms with Gasteiger partial charge in [-0.2, -0.15) is 0 Å². The van der Waals surface area contributed by atoms with E-state index in [-0.39, 0.29) is 6.42 Å². The van der Waals surface area contributed by atoms with Gasteiger partial charge in [-0.25, -0.2) is 4.98 Å². The maximum atomic E-state index is 10.9. The quantitative estimate of drug-likeness (QED) is 0.304. The lowest BCUT2D eigenvalue weighted by molar-refractivity contribution is -0.136. The molecule has 0 atom stereocenters. The van der Waals surface area contributed by atoms with Crippen molar-refractivity contribution in [2.75, 3.05) is 20.3 Å². The Morgan fingerprint density at radius 2 is 1.88 bits per heavy atom. The molecule has 8 heteroatoms. The van der Waals surface area contributed by atoms with E-state index in [2.05, 4.69) is 16.9 Å². The zero-order valence-electron chi connectivity index (χ0n) is 18.8. The summed E-state index contributed by atoms with van der Waals surface area (Å²) in [5, 5.41) is 10.8. The van der Waals surface area contributed by atoms with E-state index in [1.807, 2.05) is 49.4 Å². The van der Waals surface area contributed by atoms with E-state index >= 15 is 0 Å². The molecule has 7 nitrogen and oxygen atoms in total. The van der Waals surface area contributed by atoms with Gasteiger partial charge in [0.05, 0.1) is 32.4 Å². The third-order valence-corrected chi connectivity index (χ3v) is 6.37. The summed E-state index contributed by atoms with van der Waals surface area (Å²) in [5.74, 6) is 1.23. The summed E-state index contributed by atoms with van der Waals surface area (Å²) in [6.45, 7) is 5.07. The molecular formula is C25H26N2O5S.